The van der Waals surface area contributed by atoms with Gasteiger partial charge in [0.1, 0.15) is 11.7 Å². The van der Waals surface area contributed by atoms with E-state index in [0.717, 1.165) is 0 Å². The summed E-state index contributed by atoms with van der Waals surface area (Å²) in [6, 6.07) is 3.89. The predicted molar refractivity (Wildman–Crippen MR) is 68.4 cm³/mol. The van der Waals surface area contributed by atoms with Gasteiger partial charge in [-0.15, -0.1) is 0 Å². The van der Waals surface area contributed by atoms with E-state index < -0.39 is 15.7 Å². The number of nitrogens with zero attached hydrogens (tertiary/aromatic N) is 1. The quantitative estimate of drug-likeness (QED) is 0.786. The average molecular weight is 336 g/mol. The van der Waals surface area contributed by atoms with Crippen LogP contribution >= 0.6 is 15.9 Å². The van der Waals surface area contributed by atoms with Gasteiger partial charge in [-0.3, -0.25) is 4.79 Å². The zero-order valence-corrected chi connectivity index (χ0v) is 11.8. The van der Waals surface area contributed by atoms with Gasteiger partial charge in [-0.1, -0.05) is 0 Å². The molecule has 0 aromatic heterocycles. The molecule has 0 radical (unpaired) electrons. The molecule has 1 heterocycles. The van der Waals surface area contributed by atoms with E-state index in [1.807, 2.05) is 0 Å². The van der Waals surface area contributed by atoms with Gasteiger partial charge in [0.05, 0.1) is 10.2 Å². The lowest BCUT2D eigenvalue weighted by atomic mass is 10.2. The Morgan fingerprint density at radius 1 is 1.39 bits per heavy atom. The third-order valence-electron chi connectivity index (χ3n) is 2.69. The molecule has 0 N–H and O–H groups in total. The average Bonchev–Trinajstić information content (AvgIpc) is 2.30. The summed E-state index contributed by atoms with van der Waals surface area (Å²) in [5.41, 5.74) is 0.278. The second kappa shape index (κ2) is 4.97. The van der Waals surface area contributed by atoms with Gasteiger partial charge in [0.25, 0.3) is 5.91 Å². The van der Waals surface area contributed by atoms with E-state index in [2.05, 4.69) is 15.9 Å². The predicted octanol–water partition coefficient (Wildman–Crippen LogP) is 1.81. The lowest BCUT2D eigenvalue weighted by molar-refractivity contribution is 0.0777. The summed E-state index contributed by atoms with van der Waals surface area (Å²) in [4.78, 5) is 13.3. The van der Waals surface area contributed by atoms with Crippen molar-refractivity contribution in [2.45, 2.75) is 6.42 Å². The van der Waals surface area contributed by atoms with Crippen molar-refractivity contribution in [3.05, 3.63) is 34.1 Å². The fourth-order valence-electron chi connectivity index (χ4n) is 1.81. The first-order valence-electron chi connectivity index (χ1n) is 5.34. The van der Waals surface area contributed by atoms with Crippen molar-refractivity contribution >= 4 is 31.7 Å². The van der Waals surface area contributed by atoms with Gasteiger partial charge in [-0.05, 0) is 40.5 Å². The molecule has 1 aromatic carbocycles. The highest BCUT2D eigenvalue weighted by Crippen LogP contribution is 2.19. The first kappa shape index (κ1) is 13.5. The molecular weight excluding hydrogens is 325 g/mol. The van der Waals surface area contributed by atoms with Crippen molar-refractivity contribution in [1.82, 2.24) is 4.90 Å². The number of sulfone groups is 1. The summed E-state index contributed by atoms with van der Waals surface area (Å²) >= 11 is 3.00. The Balaban J connectivity index is 2.23. The van der Waals surface area contributed by atoms with Crippen LogP contribution in [-0.4, -0.2) is 37.4 Å². The summed E-state index contributed by atoms with van der Waals surface area (Å²) in [5.74, 6) is -0.998. The molecule has 1 amide bonds. The molecule has 0 spiro atoms. The fourth-order valence-corrected chi connectivity index (χ4v) is 3.61. The molecule has 4 nitrogen and oxygen atoms in total. The third kappa shape index (κ3) is 2.89. The molecule has 18 heavy (non-hydrogen) atoms. The van der Waals surface area contributed by atoms with Crippen LogP contribution in [0.4, 0.5) is 4.39 Å². The van der Waals surface area contributed by atoms with Gasteiger partial charge >= 0.3 is 0 Å². The Labute approximate surface area is 113 Å². The lowest BCUT2D eigenvalue weighted by Crippen LogP contribution is -2.41. The van der Waals surface area contributed by atoms with Crippen molar-refractivity contribution in [1.29, 1.82) is 0 Å². The zero-order valence-electron chi connectivity index (χ0n) is 9.40. The molecule has 0 saturated carbocycles. The van der Waals surface area contributed by atoms with Gasteiger partial charge < -0.3 is 4.90 Å². The summed E-state index contributed by atoms with van der Waals surface area (Å²) in [7, 11) is -3.18. The molecule has 1 aliphatic rings. The van der Waals surface area contributed by atoms with E-state index in [1.54, 1.807) is 0 Å². The number of amides is 1. The summed E-state index contributed by atoms with van der Waals surface area (Å²) < 4.78 is 36.2. The van der Waals surface area contributed by atoms with Crippen LogP contribution < -0.4 is 0 Å². The minimum atomic E-state index is -3.18. The molecule has 1 fully saturated rings. The van der Waals surface area contributed by atoms with Crippen LogP contribution in [0.2, 0.25) is 0 Å². The molecule has 7 heteroatoms. The van der Waals surface area contributed by atoms with Crippen LogP contribution in [0.1, 0.15) is 16.8 Å². The largest absolute Gasteiger partial charge is 0.324 e. The highest BCUT2D eigenvalue weighted by Gasteiger charge is 2.27. The van der Waals surface area contributed by atoms with Gasteiger partial charge in [0.2, 0.25) is 0 Å². The van der Waals surface area contributed by atoms with E-state index in [-0.39, 0.29) is 27.6 Å². The summed E-state index contributed by atoms with van der Waals surface area (Å²) in [6.07, 6.45) is 0.441. The molecule has 1 aliphatic heterocycles. The topological polar surface area (TPSA) is 54.5 Å². The second-order valence-corrected chi connectivity index (χ2v) is 7.14. The number of benzene rings is 1. The van der Waals surface area contributed by atoms with Crippen molar-refractivity contribution < 1.29 is 17.6 Å². The smallest absolute Gasteiger partial charge is 0.254 e. The number of rotatable bonds is 1. The lowest BCUT2D eigenvalue weighted by Gasteiger charge is -2.26. The number of carbonyl (C=O) groups excluding carboxylic acids is 1. The van der Waals surface area contributed by atoms with E-state index in [0.29, 0.717) is 13.0 Å². The number of hydrogen-bond donors (Lipinski definition) is 0. The highest BCUT2D eigenvalue weighted by molar-refractivity contribution is 9.10. The molecule has 0 bridgehead atoms. The van der Waals surface area contributed by atoms with Crippen LogP contribution in [0, 0.1) is 5.82 Å². The molecule has 0 atom stereocenters. The van der Waals surface area contributed by atoms with Crippen molar-refractivity contribution in [3.63, 3.8) is 0 Å². The van der Waals surface area contributed by atoms with E-state index in [4.69, 9.17) is 0 Å². The Bertz CT molecular complexity index is 588. The first-order valence-corrected chi connectivity index (χ1v) is 7.95. The maximum atomic E-state index is 13.1. The molecule has 0 unspecified atom stereocenters. The maximum absolute atomic E-state index is 13.1. The Morgan fingerprint density at radius 2 is 2.11 bits per heavy atom. The minimum Gasteiger partial charge on any atom is -0.324 e. The van der Waals surface area contributed by atoms with Crippen LogP contribution in [0.25, 0.3) is 0 Å². The van der Waals surface area contributed by atoms with Gasteiger partial charge in [0.15, 0.2) is 9.84 Å². The highest BCUT2D eigenvalue weighted by atomic mass is 79.9. The number of halogens is 2. The molecular formula is C11H11BrFNO3S. The SMILES string of the molecule is O=C(c1ccc(F)c(Br)c1)N1CCCS(=O)(=O)C1. The van der Waals surface area contributed by atoms with Crippen LogP contribution in [0.15, 0.2) is 22.7 Å². The Kier molecular flexibility index (Phi) is 3.72. The number of hydrogen-bond acceptors (Lipinski definition) is 3. The minimum absolute atomic E-state index is 0.115. The van der Waals surface area contributed by atoms with Crippen molar-refractivity contribution in [3.8, 4) is 0 Å². The maximum Gasteiger partial charge on any atom is 0.254 e. The Hall–Kier alpha value is -0.950. The normalized spacial score (nSPS) is 18.7. The van der Waals surface area contributed by atoms with Crippen LogP contribution in [0.5, 0.6) is 0 Å². The van der Waals surface area contributed by atoms with Gasteiger partial charge in [-0.2, -0.15) is 0 Å². The molecule has 0 aliphatic carbocycles. The van der Waals surface area contributed by atoms with Crippen molar-refractivity contribution in [2.24, 2.45) is 0 Å². The zero-order chi connectivity index (χ0) is 13.3. The first-order chi connectivity index (χ1) is 8.39. The monoisotopic (exact) mass is 335 g/mol. The molecule has 1 saturated heterocycles. The summed E-state index contributed by atoms with van der Waals surface area (Å²) in [5, 5.41) is 0. The molecule has 98 valence electrons. The van der Waals surface area contributed by atoms with E-state index >= 15 is 0 Å². The van der Waals surface area contributed by atoms with Gasteiger partial charge in [-0.25, -0.2) is 12.8 Å². The van der Waals surface area contributed by atoms with Crippen LogP contribution in [0.3, 0.4) is 0 Å². The van der Waals surface area contributed by atoms with E-state index in [1.165, 1.54) is 23.1 Å². The standard InChI is InChI=1S/C11H11BrFNO3S/c12-9-6-8(2-3-10(9)13)11(15)14-4-1-5-18(16,17)7-14/h2-3,6H,1,4-5,7H2. The number of carbonyl (C=O) groups is 1. The van der Waals surface area contributed by atoms with E-state index in [9.17, 15) is 17.6 Å². The second-order valence-electron chi connectivity index (χ2n) is 4.13. The van der Waals surface area contributed by atoms with Gasteiger partial charge in [0, 0.05) is 12.1 Å². The summed E-state index contributed by atoms with van der Waals surface area (Å²) in [6.45, 7) is 0.410. The molecule has 2 rings (SSSR count). The third-order valence-corrected chi connectivity index (χ3v) is 4.91. The molecule has 1 aromatic rings. The van der Waals surface area contributed by atoms with Crippen molar-refractivity contribution in [2.75, 3.05) is 18.2 Å². The fraction of sp³-hybridized carbons (Fsp3) is 0.364. The Morgan fingerprint density at radius 3 is 2.72 bits per heavy atom. The van der Waals surface area contributed by atoms with Crippen LogP contribution in [-0.2, 0) is 9.84 Å².